The Morgan fingerprint density at radius 2 is 2.16 bits per heavy atom. The number of benzene rings is 1. The summed E-state index contributed by atoms with van der Waals surface area (Å²) in [4.78, 5) is 0.125. The molecule has 7 heteroatoms. The summed E-state index contributed by atoms with van der Waals surface area (Å²) in [6.45, 7) is 2.00. The first kappa shape index (κ1) is 13.4. The lowest BCUT2D eigenvalue weighted by atomic mass is 10.3. The molecular formula is C12H15N3O3S. The van der Waals surface area contributed by atoms with Gasteiger partial charge in [-0.3, -0.25) is 8.99 Å². The second kappa shape index (κ2) is 4.93. The van der Waals surface area contributed by atoms with Crippen molar-refractivity contribution >= 4 is 15.7 Å². The molecule has 0 fully saturated rings. The fourth-order valence-electron chi connectivity index (χ4n) is 1.80. The Balaban J connectivity index is 2.47. The van der Waals surface area contributed by atoms with E-state index < -0.39 is 10.0 Å². The molecule has 0 radical (unpaired) electrons. The topological polar surface area (TPSA) is 75.4 Å². The van der Waals surface area contributed by atoms with Crippen molar-refractivity contribution in [2.75, 3.05) is 10.8 Å². The van der Waals surface area contributed by atoms with E-state index in [0.717, 1.165) is 0 Å². The summed E-state index contributed by atoms with van der Waals surface area (Å²) in [5.74, 6) is 0.0253. The normalized spacial score (nSPS) is 11.5. The van der Waals surface area contributed by atoms with Gasteiger partial charge in [-0.2, -0.15) is 5.10 Å². The van der Waals surface area contributed by atoms with Gasteiger partial charge in [-0.1, -0.05) is 6.07 Å². The molecule has 0 spiro atoms. The van der Waals surface area contributed by atoms with Crippen molar-refractivity contribution in [2.24, 2.45) is 7.05 Å². The summed E-state index contributed by atoms with van der Waals surface area (Å²) in [5, 5.41) is 13.3. The smallest absolute Gasteiger partial charge is 0.267 e. The first-order valence-corrected chi connectivity index (χ1v) is 7.19. The third-order valence-corrected chi connectivity index (χ3v) is 4.53. The standard InChI is InChI=1S/C12H15N3O3S/c1-3-15(10-5-4-6-11(16)7-10)19(17,18)12-8-13-14(2)9-12/h4-9,16H,3H2,1-2H3. The second-order valence-corrected chi connectivity index (χ2v) is 5.90. The van der Waals surface area contributed by atoms with Gasteiger partial charge < -0.3 is 5.11 Å². The van der Waals surface area contributed by atoms with Crippen LogP contribution in [0, 0.1) is 0 Å². The summed E-state index contributed by atoms with van der Waals surface area (Å²) in [7, 11) is -2.00. The van der Waals surface area contributed by atoms with E-state index in [4.69, 9.17) is 0 Å². The van der Waals surface area contributed by atoms with Crippen LogP contribution in [-0.2, 0) is 17.1 Å². The van der Waals surface area contributed by atoms with Gasteiger partial charge >= 0.3 is 0 Å². The molecule has 1 heterocycles. The van der Waals surface area contributed by atoms with Crippen LogP contribution >= 0.6 is 0 Å². The highest BCUT2D eigenvalue weighted by molar-refractivity contribution is 7.92. The van der Waals surface area contributed by atoms with Crippen LogP contribution in [0.3, 0.4) is 0 Å². The van der Waals surface area contributed by atoms with E-state index in [1.54, 1.807) is 26.1 Å². The molecule has 0 aliphatic carbocycles. The van der Waals surface area contributed by atoms with Gasteiger partial charge in [-0.15, -0.1) is 0 Å². The molecule has 0 unspecified atom stereocenters. The first-order chi connectivity index (χ1) is 8.95. The van der Waals surface area contributed by atoms with Crippen molar-refractivity contribution in [3.63, 3.8) is 0 Å². The zero-order valence-corrected chi connectivity index (χ0v) is 11.5. The zero-order chi connectivity index (χ0) is 14.0. The molecule has 0 amide bonds. The average molecular weight is 281 g/mol. The van der Waals surface area contributed by atoms with Gasteiger partial charge in [0.15, 0.2) is 0 Å². The van der Waals surface area contributed by atoms with Crippen LogP contribution in [0.25, 0.3) is 0 Å². The molecule has 102 valence electrons. The predicted molar refractivity (Wildman–Crippen MR) is 71.5 cm³/mol. The Labute approximate surface area is 112 Å². The van der Waals surface area contributed by atoms with Crippen molar-refractivity contribution in [1.29, 1.82) is 0 Å². The number of nitrogens with zero attached hydrogens (tertiary/aromatic N) is 3. The van der Waals surface area contributed by atoms with Crippen LogP contribution in [0.15, 0.2) is 41.6 Å². The van der Waals surface area contributed by atoms with Gasteiger partial charge in [0.25, 0.3) is 10.0 Å². The van der Waals surface area contributed by atoms with E-state index in [-0.39, 0.29) is 17.2 Å². The second-order valence-electron chi connectivity index (χ2n) is 4.04. The Bertz CT molecular complexity index is 679. The number of sulfonamides is 1. The lowest BCUT2D eigenvalue weighted by Crippen LogP contribution is -2.30. The minimum absolute atomic E-state index is 0.0253. The maximum Gasteiger partial charge on any atom is 0.267 e. The minimum Gasteiger partial charge on any atom is -0.508 e. The van der Waals surface area contributed by atoms with Crippen molar-refractivity contribution in [1.82, 2.24) is 9.78 Å². The van der Waals surface area contributed by atoms with Gasteiger partial charge in [-0.25, -0.2) is 8.42 Å². The molecule has 0 saturated heterocycles. The van der Waals surface area contributed by atoms with E-state index in [2.05, 4.69) is 5.10 Å². The van der Waals surface area contributed by atoms with Crippen molar-refractivity contribution in [3.05, 3.63) is 36.7 Å². The number of aromatic hydroxyl groups is 1. The SMILES string of the molecule is CCN(c1cccc(O)c1)S(=O)(=O)c1cnn(C)c1. The van der Waals surface area contributed by atoms with Crippen molar-refractivity contribution in [3.8, 4) is 5.75 Å². The summed E-state index contributed by atoms with van der Waals surface area (Å²) in [6.07, 6.45) is 2.75. The van der Waals surface area contributed by atoms with Gasteiger partial charge in [0.05, 0.1) is 11.9 Å². The Hall–Kier alpha value is -2.02. The molecule has 1 aromatic heterocycles. The van der Waals surface area contributed by atoms with E-state index in [1.165, 1.54) is 33.5 Å². The number of aryl methyl sites for hydroxylation is 1. The predicted octanol–water partition coefficient (Wildman–Crippen LogP) is 1.34. The molecule has 1 aromatic carbocycles. The summed E-state index contributed by atoms with van der Waals surface area (Å²) in [6, 6.07) is 6.15. The number of hydrogen-bond donors (Lipinski definition) is 1. The third-order valence-electron chi connectivity index (χ3n) is 2.67. The molecular weight excluding hydrogens is 266 g/mol. The van der Waals surface area contributed by atoms with Crippen LogP contribution in [-0.4, -0.2) is 29.8 Å². The molecule has 0 aliphatic heterocycles. The average Bonchev–Trinajstić information content (AvgIpc) is 2.77. The Kier molecular flexibility index (Phi) is 3.48. The monoisotopic (exact) mass is 281 g/mol. The fraction of sp³-hybridized carbons (Fsp3) is 0.250. The van der Waals surface area contributed by atoms with Crippen LogP contribution in [0.1, 0.15) is 6.92 Å². The molecule has 0 saturated carbocycles. The maximum atomic E-state index is 12.5. The highest BCUT2D eigenvalue weighted by Gasteiger charge is 2.25. The molecule has 19 heavy (non-hydrogen) atoms. The van der Waals surface area contributed by atoms with Crippen molar-refractivity contribution < 1.29 is 13.5 Å². The van der Waals surface area contributed by atoms with Crippen LogP contribution in [0.5, 0.6) is 5.75 Å². The van der Waals surface area contributed by atoms with Gasteiger partial charge in [0.2, 0.25) is 0 Å². The zero-order valence-electron chi connectivity index (χ0n) is 10.7. The molecule has 0 bridgehead atoms. The highest BCUT2D eigenvalue weighted by atomic mass is 32.2. The molecule has 1 N–H and O–H groups in total. The van der Waals surface area contributed by atoms with Crippen molar-refractivity contribution in [2.45, 2.75) is 11.8 Å². The number of phenolic OH excluding ortho intramolecular Hbond substituents is 1. The molecule has 0 aliphatic rings. The van der Waals surface area contributed by atoms with E-state index in [9.17, 15) is 13.5 Å². The molecule has 2 aromatic rings. The quantitative estimate of drug-likeness (QED) is 0.917. The van der Waals surface area contributed by atoms with E-state index >= 15 is 0 Å². The molecule has 6 nitrogen and oxygen atoms in total. The van der Waals surface area contributed by atoms with Crippen LogP contribution in [0.4, 0.5) is 5.69 Å². The summed E-state index contributed by atoms with van der Waals surface area (Å²) < 4.78 is 27.6. The third kappa shape index (κ3) is 2.55. The number of anilines is 1. The number of phenols is 1. The highest BCUT2D eigenvalue weighted by Crippen LogP contribution is 2.25. The summed E-state index contributed by atoms with van der Waals surface area (Å²) in [5.41, 5.74) is 0.423. The Morgan fingerprint density at radius 3 is 2.68 bits per heavy atom. The molecule has 2 rings (SSSR count). The number of rotatable bonds is 4. The van der Waals surface area contributed by atoms with Crippen LogP contribution in [0.2, 0.25) is 0 Å². The van der Waals surface area contributed by atoms with Gasteiger partial charge in [-0.05, 0) is 19.1 Å². The maximum absolute atomic E-state index is 12.5. The number of hydrogen-bond acceptors (Lipinski definition) is 4. The largest absolute Gasteiger partial charge is 0.508 e. The minimum atomic E-state index is -3.66. The summed E-state index contributed by atoms with van der Waals surface area (Å²) >= 11 is 0. The van der Waals surface area contributed by atoms with E-state index in [1.807, 2.05) is 0 Å². The fourth-order valence-corrected chi connectivity index (χ4v) is 3.25. The lowest BCUT2D eigenvalue weighted by molar-refractivity contribution is 0.475. The number of aromatic nitrogens is 2. The molecule has 0 atom stereocenters. The van der Waals surface area contributed by atoms with Crippen LogP contribution < -0.4 is 4.31 Å². The lowest BCUT2D eigenvalue weighted by Gasteiger charge is -2.22. The van der Waals surface area contributed by atoms with Gasteiger partial charge in [0.1, 0.15) is 10.6 Å². The van der Waals surface area contributed by atoms with Gasteiger partial charge in [0, 0.05) is 25.9 Å². The Morgan fingerprint density at radius 1 is 1.42 bits per heavy atom. The first-order valence-electron chi connectivity index (χ1n) is 5.75. The van der Waals surface area contributed by atoms with E-state index in [0.29, 0.717) is 5.69 Å².